The van der Waals surface area contributed by atoms with E-state index in [9.17, 15) is 9.59 Å². The van der Waals surface area contributed by atoms with Gasteiger partial charge in [-0.3, -0.25) is 4.57 Å². The van der Waals surface area contributed by atoms with Gasteiger partial charge in [0, 0.05) is 6.42 Å². The number of fused-ring (bicyclic) bond motifs is 1. The van der Waals surface area contributed by atoms with Crippen LogP contribution in [0.15, 0.2) is 6.33 Å². The van der Waals surface area contributed by atoms with Crippen molar-refractivity contribution in [3.63, 3.8) is 0 Å². The number of ether oxygens (including phenoxy) is 5. The van der Waals surface area contributed by atoms with Crippen LogP contribution in [-0.2, 0) is 23.7 Å². The third-order valence-corrected chi connectivity index (χ3v) is 9.48. The summed E-state index contributed by atoms with van der Waals surface area (Å²) in [6, 6.07) is 0. The molecule has 1 aliphatic rings. The Bertz CT molecular complexity index is 1350. The first-order valence-corrected chi connectivity index (χ1v) is 19.6. The van der Waals surface area contributed by atoms with E-state index in [1.165, 1.54) is 96.2 Å². The van der Waals surface area contributed by atoms with Crippen LogP contribution in [0.3, 0.4) is 0 Å². The molecule has 2 aromatic heterocycles. The Kier molecular flexibility index (Phi) is 19.5. The number of rotatable bonds is 26. The Morgan fingerprint density at radius 2 is 1.33 bits per heavy atom. The maximum atomic E-state index is 12.9. The zero-order chi connectivity index (χ0) is 36.7. The van der Waals surface area contributed by atoms with Gasteiger partial charge < -0.3 is 29.4 Å². The lowest BCUT2D eigenvalue weighted by atomic mass is 9.98. The molecular weight excluding hydrogens is 650 g/mol. The van der Waals surface area contributed by atoms with E-state index >= 15 is 0 Å². The first-order chi connectivity index (χ1) is 24.8. The SMILES string of the molecule is C#C[C@]1(COC(=O)OCCCCCCCCCCCC)O[C@@H](n2cnc3c(N)nc(C)nc32)C[C@@H]1OC(=O)OCCCCCCCCCCCC. The van der Waals surface area contributed by atoms with Crippen LogP contribution in [0.25, 0.3) is 11.2 Å². The van der Waals surface area contributed by atoms with Gasteiger partial charge in [0.05, 0.1) is 19.5 Å². The van der Waals surface area contributed by atoms with E-state index in [1.807, 2.05) is 0 Å². The van der Waals surface area contributed by atoms with Crippen LogP contribution in [0.4, 0.5) is 15.4 Å². The molecule has 2 aromatic rings. The number of anilines is 1. The minimum Gasteiger partial charge on any atom is -0.434 e. The molecule has 51 heavy (non-hydrogen) atoms. The zero-order valence-corrected chi connectivity index (χ0v) is 31.5. The van der Waals surface area contributed by atoms with Gasteiger partial charge in [-0.2, -0.15) is 0 Å². The van der Waals surface area contributed by atoms with Crippen LogP contribution in [-0.4, -0.2) is 63.4 Å². The maximum Gasteiger partial charge on any atom is 0.508 e. The van der Waals surface area contributed by atoms with Crippen molar-refractivity contribution in [1.29, 1.82) is 0 Å². The summed E-state index contributed by atoms with van der Waals surface area (Å²) in [5.41, 5.74) is 5.32. The van der Waals surface area contributed by atoms with Gasteiger partial charge in [0.2, 0.25) is 5.60 Å². The molecule has 286 valence electrons. The Balaban J connectivity index is 1.50. The second-order valence-electron chi connectivity index (χ2n) is 13.8. The number of nitrogens with two attached hydrogens (primary N) is 1. The van der Waals surface area contributed by atoms with Crippen molar-refractivity contribution in [2.45, 2.75) is 174 Å². The number of unbranched alkanes of at least 4 members (excludes halogenated alkanes) is 18. The van der Waals surface area contributed by atoms with Crippen LogP contribution < -0.4 is 5.73 Å². The summed E-state index contributed by atoms with van der Waals surface area (Å²) in [7, 11) is 0. The molecule has 0 aromatic carbocycles. The number of terminal acetylenes is 1. The second-order valence-corrected chi connectivity index (χ2v) is 13.8. The predicted molar refractivity (Wildman–Crippen MR) is 198 cm³/mol. The van der Waals surface area contributed by atoms with Crippen LogP contribution in [0.2, 0.25) is 0 Å². The largest absolute Gasteiger partial charge is 0.508 e. The van der Waals surface area contributed by atoms with Crippen molar-refractivity contribution in [3.05, 3.63) is 12.2 Å². The first-order valence-electron chi connectivity index (χ1n) is 19.6. The Hall–Kier alpha value is -3.59. The number of aryl methyl sites for hydroxylation is 1. The molecule has 0 amide bonds. The standard InChI is InChI=1S/C39H63N5O7/c1-5-8-10-12-14-16-18-20-22-24-26-47-37(45)49-29-39(7-3)32(50-38(46)48-27-25-23-21-19-17-15-13-11-9-6-2)28-33(51-39)44-30-41-34-35(40)42-31(4)43-36(34)44/h3,30,32-33H,5-6,8-29H2,1-2,4H3,(H2,40,42,43)/t32-,33+,39+/m0/s1. The van der Waals surface area contributed by atoms with E-state index in [1.54, 1.807) is 11.5 Å². The van der Waals surface area contributed by atoms with E-state index < -0.39 is 36.9 Å². The monoisotopic (exact) mass is 713 g/mol. The summed E-state index contributed by atoms with van der Waals surface area (Å²) in [4.78, 5) is 38.5. The minimum absolute atomic E-state index is 0.128. The van der Waals surface area contributed by atoms with E-state index in [2.05, 4.69) is 34.7 Å². The maximum absolute atomic E-state index is 12.9. The fourth-order valence-electron chi connectivity index (χ4n) is 6.46. The Labute approximate surface area is 305 Å². The van der Waals surface area contributed by atoms with E-state index in [0.29, 0.717) is 17.0 Å². The number of carbonyl (C=O) groups is 2. The van der Waals surface area contributed by atoms with Gasteiger partial charge in [0.1, 0.15) is 24.2 Å². The number of hydrogen-bond donors (Lipinski definition) is 1. The molecule has 1 saturated heterocycles. The molecule has 0 radical (unpaired) electrons. The molecule has 0 unspecified atom stereocenters. The molecule has 0 bridgehead atoms. The predicted octanol–water partition coefficient (Wildman–Crippen LogP) is 9.52. The highest BCUT2D eigenvalue weighted by molar-refractivity contribution is 5.81. The summed E-state index contributed by atoms with van der Waals surface area (Å²) < 4.78 is 29.9. The molecule has 0 saturated carbocycles. The third kappa shape index (κ3) is 14.5. The van der Waals surface area contributed by atoms with Gasteiger partial charge in [0.15, 0.2) is 17.6 Å². The molecule has 3 rings (SSSR count). The fourth-order valence-corrected chi connectivity index (χ4v) is 6.46. The fraction of sp³-hybridized carbons (Fsp3) is 0.769. The Morgan fingerprint density at radius 1 is 0.824 bits per heavy atom. The highest BCUT2D eigenvalue weighted by Crippen LogP contribution is 2.40. The number of aromatic nitrogens is 4. The van der Waals surface area contributed by atoms with Crippen LogP contribution in [0.1, 0.15) is 161 Å². The van der Waals surface area contributed by atoms with Crippen molar-refractivity contribution in [1.82, 2.24) is 19.5 Å². The highest BCUT2D eigenvalue weighted by atomic mass is 16.7. The summed E-state index contributed by atoms with van der Waals surface area (Å²) in [5, 5.41) is 0. The Morgan fingerprint density at radius 3 is 1.86 bits per heavy atom. The van der Waals surface area contributed by atoms with Crippen LogP contribution in [0, 0.1) is 19.3 Å². The van der Waals surface area contributed by atoms with Gasteiger partial charge in [-0.25, -0.2) is 24.5 Å². The quantitative estimate of drug-likeness (QED) is 0.0564. The van der Waals surface area contributed by atoms with Crippen molar-refractivity contribution in [2.24, 2.45) is 0 Å². The zero-order valence-electron chi connectivity index (χ0n) is 31.5. The number of carbonyl (C=O) groups excluding carboxylic acids is 2. The van der Waals surface area contributed by atoms with Crippen molar-refractivity contribution in [3.8, 4) is 12.3 Å². The molecule has 0 spiro atoms. The normalized spacial score (nSPS) is 18.5. The highest BCUT2D eigenvalue weighted by Gasteiger charge is 2.53. The lowest BCUT2D eigenvalue weighted by Crippen LogP contribution is -2.45. The lowest BCUT2D eigenvalue weighted by Gasteiger charge is -2.28. The van der Waals surface area contributed by atoms with Gasteiger partial charge in [0.25, 0.3) is 0 Å². The molecule has 12 nitrogen and oxygen atoms in total. The molecule has 1 fully saturated rings. The van der Waals surface area contributed by atoms with Gasteiger partial charge in [-0.05, 0) is 19.8 Å². The molecule has 0 aliphatic carbocycles. The summed E-state index contributed by atoms with van der Waals surface area (Å²) in [6.07, 6.45) is 27.6. The smallest absolute Gasteiger partial charge is 0.434 e. The average Bonchev–Trinajstić information content (AvgIpc) is 3.70. The minimum atomic E-state index is -1.61. The molecule has 3 atom stereocenters. The summed E-state index contributed by atoms with van der Waals surface area (Å²) in [6.45, 7) is 6.26. The van der Waals surface area contributed by atoms with Crippen LogP contribution in [0.5, 0.6) is 0 Å². The number of hydrogen-bond acceptors (Lipinski definition) is 11. The van der Waals surface area contributed by atoms with Gasteiger partial charge in [-0.1, -0.05) is 135 Å². The van der Waals surface area contributed by atoms with Gasteiger partial charge in [-0.15, -0.1) is 6.42 Å². The molecular formula is C39H63N5O7. The molecule has 3 heterocycles. The van der Waals surface area contributed by atoms with Crippen LogP contribution >= 0.6 is 0 Å². The molecule has 1 aliphatic heterocycles. The van der Waals surface area contributed by atoms with Crippen molar-refractivity contribution < 1.29 is 33.3 Å². The lowest BCUT2D eigenvalue weighted by molar-refractivity contribution is -0.105. The van der Waals surface area contributed by atoms with E-state index in [0.717, 1.165) is 38.5 Å². The van der Waals surface area contributed by atoms with Crippen molar-refractivity contribution in [2.75, 3.05) is 25.6 Å². The summed E-state index contributed by atoms with van der Waals surface area (Å²) in [5.74, 6) is 3.28. The van der Waals surface area contributed by atoms with Crippen molar-refractivity contribution >= 4 is 29.3 Å². The second kappa shape index (κ2) is 23.8. The first kappa shape index (κ1) is 41.8. The van der Waals surface area contributed by atoms with E-state index in [-0.39, 0.29) is 25.5 Å². The third-order valence-electron chi connectivity index (χ3n) is 9.48. The molecule has 12 heteroatoms. The van der Waals surface area contributed by atoms with E-state index in [4.69, 9.17) is 35.8 Å². The topological polar surface area (TPSA) is 150 Å². The number of nitrogens with zero attached hydrogens (tertiary/aromatic N) is 4. The average molecular weight is 714 g/mol. The summed E-state index contributed by atoms with van der Waals surface area (Å²) >= 11 is 0. The number of nitrogen functional groups attached to an aromatic ring is 1. The molecule has 2 N–H and O–H groups in total. The number of imidazole rings is 1. The van der Waals surface area contributed by atoms with Gasteiger partial charge >= 0.3 is 12.3 Å².